The number of fused-ring (bicyclic) bond motifs is 2. The lowest BCUT2D eigenvalue weighted by Gasteiger charge is -2.31. The van der Waals surface area contributed by atoms with Gasteiger partial charge in [0.25, 0.3) is 0 Å². The molecule has 2 aromatic carbocycles. The third kappa shape index (κ3) is 4.11. The van der Waals surface area contributed by atoms with Crippen LogP contribution in [0.2, 0.25) is 0 Å². The number of hydrogen-bond donors (Lipinski definition) is 0. The first kappa shape index (κ1) is 24.1. The molecule has 3 aromatic rings. The largest absolute Gasteiger partial charge is 0.378 e. The van der Waals surface area contributed by atoms with E-state index < -0.39 is 28.8 Å². The maximum atomic E-state index is 13.8. The average Bonchev–Trinajstić information content (AvgIpc) is 3.36. The van der Waals surface area contributed by atoms with Gasteiger partial charge in [-0.25, -0.2) is 9.29 Å². The number of carbonyl (C=O) groups is 3. The molecule has 0 radical (unpaired) electrons. The highest BCUT2D eigenvalue weighted by Gasteiger charge is 2.56. The Bertz CT molecular complexity index is 1430. The van der Waals surface area contributed by atoms with Gasteiger partial charge in [-0.2, -0.15) is 0 Å². The van der Waals surface area contributed by atoms with Gasteiger partial charge in [-0.05, 0) is 29.8 Å². The number of nitrogens with zero attached hydrogens (tertiary/aromatic N) is 3. The Hall–Kier alpha value is -3.28. The Morgan fingerprint density at radius 1 is 0.973 bits per heavy atom. The summed E-state index contributed by atoms with van der Waals surface area (Å²) in [6.07, 6.45) is 0. The number of hydrogen-bond acceptors (Lipinski definition) is 7. The number of morpholine rings is 1. The second-order valence-electron chi connectivity index (χ2n) is 9.06. The summed E-state index contributed by atoms with van der Waals surface area (Å²) in [6.45, 7) is 1.69. The third-order valence-corrected chi connectivity index (χ3v) is 9.55. The van der Waals surface area contributed by atoms with E-state index in [4.69, 9.17) is 4.74 Å². The number of rotatable bonds is 4. The molecular weight excluding hydrogens is 517 g/mol. The van der Waals surface area contributed by atoms with Crippen LogP contribution in [-0.2, 0) is 25.7 Å². The van der Waals surface area contributed by atoms with Crippen molar-refractivity contribution >= 4 is 46.5 Å². The molecule has 37 heavy (non-hydrogen) atoms. The maximum Gasteiger partial charge on any atom is 0.308 e. The molecule has 0 saturated carbocycles. The van der Waals surface area contributed by atoms with Gasteiger partial charge in [0.2, 0.25) is 17.7 Å². The molecule has 3 aliphatic heterocycles. The van der Waals surface area contributed by atoms with Gasteiger partial charge in [0, 0.05) is 23.9 Å². The molecule has 0 bridgehead atoms. The summed E-state index contributed by atoms with van der Waals surface area (Å²) in [7, 11) is 0. The number of carbonyl (C=O) groups excluding carboxylic acids is 3. The van der Waals surface area contributed by atoms with Crippen molar-refractivity contribution in [3.63, 3.8) is 0 Å². The van der Waals surface area contributed by atoms with Crippen molar-refractivity contribution in [3.05, 3.63) is 80.5 Å². The molecule has 4 heterocycles. The molecular formula is C26H22FN3O5S2. The molecule has 3 amide bonds. The van der Waals surface area contributed by atoms with E-state index in [1.165, 1.54) is 40.6 Å². The minimum absolute atomic E-state index is 0.139. The molecule has 2 saturated heterocycles. The summed E-state index contributed by atoms with van der Waals surface area (Å²) in [5.74, 6) is -2.71. The SMILES string of the molecule is O=C(Cn1c2c(sc1=O)C(c1ccccc1)C1C(=O)N(c3ccc(F)cc3)C(=O)C1S2)N1CCOCC1. The average molecular weight is 540 g/mol. The predicted octanol–water partition coefficient (Wildman–Crippen LogP) is 2.70. The molecule has 0 aliphatic carbocycles. The summed E-state index contributed by atoms with van der Waals surface area (Å²) >= 11 is 2.19. The second-order valence-corrected chi connectivity index (χ2v) is 11.2. The van der Waals surface area contributed by atoms with Crippen LogP contribution in [0.1, 0.15) is 16.4 Å². The van der Waals surface area contributed by atoms with E-state index >= 15 is 0 Å². The minimum Gasteiger partial charge on any atom is -0.378 e. The number of thiazole rings is 1. The molecule has 11 heteroatoms. The number of anilines is 1. The second kappa shape index (κ2) is 9.55. The maximum absolute atomic E-state index is 13.8. The van der Waals surface area contributed by atoms with Gasteiger partial charge in [-0.3, -0.25) is 23.7 Å². The highest BCUT2D eigenvalue weighted by atomic mass is 32.2. The van der Waals surface area contributed by atoms with E-state index in [-0.39, 0.29) is 23.2 Å². The fourth-order valence-corrected chi connectivity index (χ4v) is 7.94. The van der Waals surface area contributed by atoms with E-state index in [1.807, 2.05) is 30.3 Å². The zero-order chi connectivity index (χ0) is 25.7. The molecule has 0 spiro atoms. The van der Waals surface area contributed by atoms with Crippen molar-refractivity contribution in [1.29, 1.82) is 0 Å². The minimum atomic E-state index is -0.783. The van der Waals surface area contributed by atoms with E-state index in [1.54, 1.807) is 4.90 Å². The summed E-state index contributed by atoms with van der Waals surface area (Å²) in [4.78, 5) is 56.7. The Morgan fingerprint density at radius 3 is 2.38 bits per heavy atom. The summed E-state index contributed by atoms with van der Waals surface area (Å²) in [5.41, 5.74) is 1.12. The highest BCUT2D eigenvalue weighted by Crippen LogP contribution is 2.53. The lowest BCUT2D eigenvalue weighted by molar-refractivity contribution is -0.136. The quantitative estimate of drug-likeness (QED) is 0.474. The molecule has 3 unspecified atom stereocenters. The van der Waals surface area contributed by atoms with Gasteiger partial charge in [-0.15, -0.1) is 0 Å². The van der Waals surface area contributed by atoms with Crippen LogP contribution in [0.4, 0.5) is 10.1 Å². The van der Waals surface area contributed by atoms with E-state index in [2.05, 4.69) is 0 Å². The highest BCUT2D eigenvalue weighted by molar-refractivity contribution is 8.00. The van der Waals surface area contributed by atoms with Crippen LogP contribution in [0, 0.1) is 11.7 Å². The lowest BCUT2D eigenvalue weighted by Crippen LogP contribution is -2.43. The zero-order valence-corrected chi connectivity index (χ0v) is 21.2. The summed E-state index contributed by atoms with van der Waals surface area (Å²) in [6, 6.07) is 14.6. The third-order valence-electron chi connectivity index (χ3n) is 6.95. The fraction of sp³-hybridized carbons (Fsp3) is 0.308. The van der Waals surface area contributed by atoms with Gasteiger partial charge in [0.15, 0.2) is 0 Å². The van der Waals surface area contributed by atoms with Crippen LogP contribution in [0.15, 0.2) is 64.4 Å². The van der Waals surface area contributed by atoms with E-state index in [0.717, 1.165) is 21.8 Å². The Labute approximate surface area is 219 Å². The molecule has 8 nitrogen and oxygen atoms in total. The summed E-state index contributed by atoms with van der Waals surface area (Å²) in [5, 5.41) is -0.234. The number of benzene rings is 2. The monoisotopic (exact) mass is 539 g/mol. The molecule has 3 aliphatic rings. The number of imide groups is 1. The zero-order valence-electron chi connectivity index (χ0n) is 19.5. The molecule has 3 atom stereocenters. The predicted molar refractivity (Wildman–Crippen MR) is 136 cm³/mol. The van der Waals surface area contributed by atoms with Gasteiger partial charge < -0.3 is 9.64 Å². The van der Waals surface area contributed by atoms with Crippen LogP contribution in [-0.4, -0.2) is 58.7 Å². The van der Waals surface area contributed by atoms with Crippen LogP contribution in [0.3, 0.4) is 0 Å². The van der Waals surface area contributed by atoms with Crippen molar-refractivity contribution in [1.82, 2.24) is 9.47 Å². The van der Waals surface area contributed by atoms with Crippen LogP contribution < -0.4 is 9.77 Å². The van der Waals surface area contributed by atoms with E-state index in [0.29, 0.717) is 41.9 Å². The topological polar surface area (TPSA) is 88.9 Å². The Kier molecular flexibility index (Phi) is 6.21. The van der Waals surface area contributed by atoms with Crippen LogP contribution in [0.25, 0.3) is 0 Å². The molecule has 1 aromatic heterocycles. The molecule has 0 N–H and O–H groups in total. The first-order valence-corrected chi connectivity index (χ1v) is 13.6. The van der Waals surface area contributed by atoms with Crippen molar-refractivity contribution < 1.29 is 23.5 Å². The number of halogens is 1. The van der Waals surface area contributed by atoms with Gasteiger partial charge in [0.05, 0.1) is 29.8 Å². The van der Waals surface area contributed by atoms with Gasteiger partial charge >= 0.3 is 4.87 Å². The van der Waals surface area contributed by atoms with E-state index in [9.17, 15) is 23.6 Å². The van der Waals surface area contributed by atoms with Crippen molar-refractivity contribution in [3.8, 4) is 0 Å². The lowest BCUT2D eigenvalue weighted by atomic mass is 9.83. The number of aromatic nitrogens is 1. The summed E-state index contributed by atoms with van der Waals surface area (Å²) < 4.78 is 20.3. The Morgan fingerprint density at radius 2 is 1.68 bits per heavy atom. The normalized spacial score (nSPS) is 23.2. The number of thioether (sulfide) groups is 1. The van der Waals surface area contributed by atoms with Crippen LogP contribution >= 0.6 is 23.1 Å². The van der Waals surface area contributed by atoms with Crippen molar-refractivity contribution in [2.75, 3.05) is 31.2 Å². The first-order valence-electron chi connectivity index (χ1n) is 11.9. The van der Waals surface area contributed by atoms with Crippen molar-refractivity contribution in [2.45, 2.75) is 22.7 Å². The van der Waals surface area contributed by atoms with Crippen LogP contribution in [0.5, 0.6) is 0 Å². The van der Waals surface area contributed by atoms with Crippen molar-refractivity contribution in [2.24, 2.45) is 5.92 Å². The first-order chi connectivity index (χ1) is 17.9. The number of ether oxygens (including phenoxy) is 1. The standard InChI is InChI=1S/C26H22FN3O5S2/c27-16-6-8-17(9-7-16)30-23(32)20-19(15-4-2-1-3-5-15)22-25(36-21(20)24(30)33)29(26(34)37-22)14-18(31)28-10-12-35-13-11-28/h1-9,19-21H,10-14H2. The molecule has 190 valence electrons. The molecule has 2 fully saturated rings. The smallest absolute Gasteiger partial charge is 0.308 e. The fourth-order valence-electron chi connectivity index (χ4n) is 5.17. The molecule has 6 rings (SSSR count). The Balaban J connectivity index is 1.42. The van der Waals surface area contributed by atoms with Gasteiger partial charge in [-0.1, -0.05) is 53.4 Å². The van der Waals surface area contributed by atoms with Gasteiger partial charge in [0.1, 0.15) is 17.6 Å². The number of amides is 3.